The highest BCUT2D eigenvalue weighted by molar-refractivity contribution is 5.95. The van der Waals surface area contributed by atoms with Gasteiger partial charge in [0.1, 0.15) is 12.4 Å². The molecule has 0 aromatic heterocycles. The van der Waals surface area contributed by atoms with Crippen molar-refractivity contribution in [1.29, 1.82) is 0 Å². The lowest BCUT2D eigenvalue weighted by Crippen LogP contribution is -2.47. The third kappa shape index (κ3) is 4.17. The number of ether oxygens (including phenoxy) is 3. The molecule has 2 aromatic rings. The Balaban J connectivity index is 1.95. The second-order valence-electron chi connectivity index (χ2n) is 6.84. The van der Waals surface area contributed by atoms with E-state index in [1.165, 1.54) is 0 Å². The maximum atomic E-state index is 13.4. The number of para-hydroxylation sites is 1. The van der Waals surface area contributed by atoms with Crippen LogP contribution in [0.25, 0.3) is 0 Å². The Labute approximate surface area is 160 Å². The van der Waals surface area contributed by atoms with Crippen molar-refractivity contribution in [2.24, 2.45) is 0 Å². The molecule has 0 radical (unpaired) electrons. The highest BCUT2D eigenvalue weighted by Crippen LogP contribution is 2.30. The third-order valence-corrected chi connectivity index (χ3v) is 4.65. The number of amides is 1. The van der Waals surface area contributed by atoms with Gasteiger partial charge in [-0.05, 0) is 38.4 Å². The fourth-order valence-corrected chi connectivity index (χ4v) is 3.31. The Morgan fingerprint density at radius 3 is 2.59 bits per heavy atom. The highest BCUT2D eigenvalue weighted by atomic mass is 16.5. The summed E-state index contributed by atoms with van der Waals surface area (Å²) in [4.78, 5) is 17.3. The molecule has 6 nitrogen and oxygen atoms in total. The van der Waals surface area contributed by atoms with Gasteiger partial charge in [0, 0.05) is 17.7 Å². The van der Waals surface area contributed by atoms with E-state index >= 15 is 0 Å². The number of carbonyl (C=O) groups is 1. The van der Waals surface area contributed by atoms with Gasteiger partial charge in [-0.3, -0.25) is 4.79 Å². The number of likely N-dealkylation sites (N-methyl/N-ethyl adjacent to an activating group) is 1. The largest absolute Gasteiger partial charge is 0.493 e. The number of hydrogen-bond acceptors (Lipinski definition) is 5. The van der Waals surface area contributed by atoms with Crippen LogP contribution >= 0.6 is 0 Å². The van der Waals surface area contributed by atoms with E-state index in [1.54, 1.807) is 32.4 Å². The van der Waals surface area contributed by atoms with Crippen molar-refractivity contribution < 1.29 is 19.0 Å². The Morgan fingerprint density at radius 1 is 1.15 bits per heavy atom. The molecular weight excluding hydrogens is 344 g/mol. The van der Waals surface area contributed by atoms with Crippen LogP contribution in [0, 0.1) is 0 Å². The first-order chi connectivity index (χ1) is 13.0. The highest BCUT2D eigenvalue weighted by Gasteiger charge is 2.30. The van der Waals surface area contributed by atoms with Gasteiger partial charge in [-0.25, -0.2) is 0 Å². The molecule has 0 bridgehead atoms. The quantitative estimate of drug-likeness (QED) is 0.810. The summed E-state index contributed by atoms with van der Waals surface area (Å²) >= 11 is 0. The molecule has 1 atom stereocenters. The minimum atomic E-state index is -0.0620. The van der Waals surface area contributed by atoms with E-state index in [2.05, 4.69) is 4.90 Å². The van der Waals surface area contributed by atoms with Gasteiger partial charge >= 0.3 is 0 Å². The summed E-state index contributed by atoms with van der Waals surface area (Å²) in [5.74, 6) is 1.93. The molecule has 1 amide bonds. The van der Waals surface area contributed by atoms with Crippen molar-refractivity contribution in [3.8, 4) is 17.2 Å². The summed E-state index contributed by atoms with van der Waals surface area (Å²) in [6.45, 7) is 1.67. The Hall–Kier alpha value is -2.73. The number of nitrogens with zero attached hydrogens (tertiary/aromatic N) is 2. The van der Waals surface area contributed by atoms with Gasteiger partial charge in [-0.15, -0.1) is 0 Å². The molecule has 6 heteroatoms. The molecule has 0 saturated carbocycles. The number of methoxy groups -OCH3 is 2. The molecule has 3 rings (SSSR count). The van der Waals surface area contributed by atoms with Crippen LogP contribution in [0.2, 0.25) is 0 Å². The van der Waals surface area contributed by atoms with Gasteiger partial charge in [-0.2, -0.15) is 0 Å². The van der Waals surface area contributed by atoms with Crippen LogP contribution in [0.4, 0.5) is 0 Å². The summed E-state index contributed by atoms with van der Waals surface area (Å²) in [6.07, 6.45) is 0. The van der Waals surface area contributed by atoms with Gasteiger partial charge in [0.05, 0.1) is 26.8 Å². The lowest BCUT2D eigenvalue weighted by atomic mass is 10.1. The molecule has 144 valence electrons. The van der Waals surface area contributed by atoms with Crippen molar-refractivity contribution in [2.45, 2.75) is 12.6 Å². The van der Waals surface area contributed by atoms with Crippen LogP contribution in [0.15, 0.2) is 42.5 Å². The summed E-state index contributed by atoms with van der Waals surface area (Å²) in [7, 11) is 7.14. The molecule has 1 aliphatic rings. The second-order valence-corrected chi connectivity index (χ2v) is 6.84. The Morgan fingerprint density at radius 2 is 1.89 bits per heavy atom. The zero-order valence-corrected chi connectivity index (χ0v) is 16.3. The third-order valence-electron chi connectivity index (χ3n) is 4.65. The molecule has 1 unspecified atom stereocenters. The van der Waals surface area contributed by atoms with Crippen LogP contribution in [-0.4, -0.2) is 63.2 Å². The lowest BCUT2D eigenvalue weighted by Gasteiger charge is -2.31. The Bertz CT molecular complexity index is 807. The average molecular weight is 370 g/mol. The van der Waals surface area contributed by atoms with Crippen LogP contribution in [0.5, 0.6) is 17.2 Å². The first-order valence-corrected chi connectivity index (χ1v) is 8.92. The first kappa shape index (κ1) is 19.0. The van der Waals surface area contributed by atoms with Crippen molar-refractivity contribution in [1.82, 2.24) is 9.80 Å². The molecule has 0 fully saturated rings. The molecule has 0 aliphatic carbocycles. The molecule has 2 aromatic carbocycles. The first-order valence-electron chi connectivity index (χ1n) is 8.92. The zero-order chi connectivity index (χ0) is 19.4. The van der Waals surface area contributed by atoms with Crippen molar-refractivity contribution in [3.05, 3.63) is 53.6 Å². The van der Waals surface area contributed by atoms with Gasteiger partial charge in [0.25, 0.3) is 5.91 Å². The summed E-state index contributed by atoms with van der Waals surface area (Å²) < 4.78 is 16.6. The fraction of sp³-hybridized carbons (Fsp3) is 0.381. The van der Waals surface area contributed by atoms with E-state index < -0.39 is 0 Å². The summed E-state index contributed by atoms with van der Waals surface area (Å²) in [5.41, 5.74) is 1.57. The van der Waals surface area contributed by atoms with Crippen LogP contribution < -0.4 is 14.2 Å². The number of fused-ring (bicyclic) bond motifs is 1. The molecule has 0 saturated heterocycles. The van der Waals surface area contributed by atoms with E-state index in [0.29, 0.717) is 36.8 Å². The van der Waals surface area contributed by atoms with Crippen LogP contribution in [0.1, 0.15) is 15.9 Å². The van der Waals surface area contributed by atoms with Crippen molar-refractivity contribution in [3.63, 3.8) is 0 Å². The number of hydrogen-bond donors (Lipinski definition) is 0. The number of carbonyl (C=O) groups excluding carboxylic acids is 1. The van der Waals surface area contributed by atoms with Gasteiger partial charge in [0.2, 0.25) is 0 Å². The topological polar surface area (TPSA) is 51.2 Å². The minimum Gasteiger partial charge on any atom is -0.493 e. The monoisotopic (exact) mass is 370 g/mol. The predicted octanol–water partition coefficient (Wildman–Crippen LogP) is 2.67. The maximum absolute atomic E-state index is 13.4. The van der Waals surface area contributed by atoms with Gasteiger partial charge in [-0.1, -0.05) is 18.2 Å². The van der Waals surface area contributed by atoms with Gasteiger partial charge in [0.15, 0.2) is 11.5 Å². The minimum absolute atomic E-state index is 0.0527. The Kier molecular flexibility index (Phi) is 5.86. The molecule has 1 heterocycles. The van der Waals surface area contributed by atoms with E-state index in [-0.39, 0.29) is 11.9 Å². The molecule has 0 N–H and O–H groups in total. The predicted molar refractivity (Wildman–Crippen MR) is 104 cm³/mol. The normalized spacial score (nSPS) is 16.3. The van der Waals surface area contributed by atoms with Crippen LogP contribution in [0.3, 0.4) is 0 Å². The summed E-state index contributed by atoms with van der Waals surface area (Å²) in [6, 6.07) is 13.1. The number of benzene rings is 2. The number of rotatable bonds is 5. The lowest BCUT2D eigenvalue weighted by molar-refractivity contribution is 0.0583. The van der Waals surface area contributed by atoms with Crippen LogP contribution in [-0.2, 0) is 6.54 Å². The second kappa shape index (κ2) is 8.31. The van der Waals surface area contributed by atoms with Gasteiger partial charge < -0.3 is 24.0 Å². The maximum Gasteiger partial charge on any atom is 0.254 e. The van der Waals surface area contributed by atoms with E-state index in [1.807, 2.05) is 43.3 Å². The standard InChI is InChI=1S/C21H26N2O4/c1-22(2)13-17-14-27-18-8-6-5-7-16(18)12-23(17)21(24)15-9-10-19(25-3)20(11-15)26-4/h5-11,17H,12-14H2,1-4H3. The molecular formula is C21H26N2O4. The van der Waals surface area contributed by atoms with E-state index in [0.717, 1.165) is 11.3 Å². The molecule has 27 heavy (non-hydrogen) atoms. The van der Waals surface area contributed by atoms with Crippen molar-refractivity contribution in [2.75, 3.05) is 41.5 Å². The SMILES string of the molecule is COc1ccc(C(=O)N2Cc3ccccc3OCC2CN(C)C)cc1OC. The fourth-order valence-electron chi connectivity index (χ4n) is 3.31. The molecule has 1 aliphatic heterocycles. The molecule has 0 spiro atoms. The average Bonchev–Trinajstić information content (AvgIpc) is 2.86. The zero-order valence-electron chi connectivity index (χ0n) is 16.3. The van der Waals surface area contributed by atoms with Crippen molar-refractivity contribution >= 4 is 5.91 Å². The van der Waals surface area contributed by atoms with E-state index in [9.17, 15) is 4.79 Å². The smallest absolute Gasteiger partial charge is 0.254 e. The summed E-state index contributed by atoms with van der Waals surface area (Å²) in [5, 5.41) is 0. The van der Waals surface area contributed by atoms with E-state index in [4.69, 9.17) is 14.2 Å².